The Labute approximate surface area is 207 Å². The van der Waals surface area contributed by atoms with Crippen molar-refractivity contribution in [3.63, 3.8) is 0 Å². The van der Waals surface area contributed by atoms with Crippen LogP contribution in [0.15, 0.2) is 99.7 Å². The molecule has 4 rings (SSSR count). The number of ether oxygens (including phenoxy) is 1. The van der Waals surface area contributed by atoms with Gasteiger partial charge in [-0.3, -0.25) is 4.79 Å². The Kier molecular flexibility index (Phi) is 7.70. The Bertz CT molecular complexity index is 1290. The molecule has 1 atom stereocenters. The van der Waals surface area contributed by atoms with Crippen molar-refractivity contribution >= 4 is 35.0 Å². The van der Waals surface area contributed by atoms with Crippen molar-refractivity contribution in [2.45, 2.75) is 12.8 Å². The molecule has 0 bridgehead atoms. The molecule has 0 saturated heterocycles. The molecule has 1 aliphatic rings. The summed E-state index contributed by atoms with van der Waals surface area (Å²) in [6.45, 7) is 1.91. The van der Waals surface area contributed by atoms with Crippen LogP contribution in [-0.4, -0.2) is 24.2 Å². The summed E-state index contributed by atoms with van der Waals surface area (Å²) in [5.74, 6) is -1.05. The predicted molar refractivity (Wildman–Crippen MR) is 135 cm³/mol. The number of esters is 1. The monoisotopic (exact) mass is 485 g/mol. The number of dihydropyridines is 1. The summed E-state index contributed by atoms with van der Waals surface area (Å²) in [5.41, 5.74) is 2.50. The molecule has 1 amide bonds. The second-order valence-electron chi connectivity index (χ2n) is 7.51. The van der Waals surface area contributed by atoms with Gasteiger partial charge < -0.3 is 19.8 Å². The van der Waals surface area contributed by atoms with Crippen LogP contribution in [-0.2, 0) is 14.3 Å². The van der Waals surface area contributed by atoms with E-state index in [1.807, 2.05) is 48.5 Å². The van der Waals surface area contributed by atoms with E-state index in [0.29, 0.717) is 22.2 Å². The van der Waals surface area contributed by atoms with Gasteiger partial charge in [-0.15, -0.1) is 0 Å². The number of rotatable bonds is 8. The highest BCUT2D eigenvalue weighted by Crippen LogP contribution is 2.43. The lowest BCUT2D eigenvalue weighted by atomic mass is 9.84. The van der Waals surface area contributed by atoms with Gasteiger partial charge in [0, 0.05) is 5.69 Å². The lowest BCUT2D eigenvalue weighted by Gasteiger charge is -2.29. The highest BCUT2D eigenvalue weighted by atomic mass is 32.2. The summed E-state index contributed by atoms with van der Waals surface area (Å²) in [5, 5.41) is 16.7. The zero-order valence-electron chi connectivity index (χ0n) is 19.0. The number of nitriles is 1. The highest BCUT2D eigenvalue weighted by molar-refractivity contribution is 8.03. The van der Waals surface area contributed by atoms with Gasteiger partial charge in [-0.05, 0) is 36.8 Å². The topological polar surface area (TPSA) is 104 Å². The summed E-state index contributed by atoms with van der Waals surface area (Å²) in [7, 11) is 0. The number of benzene rings is 2. The number of nitrogens with one attached hydrogen (secondary N) is 2. The molecule has 2 heterocycles. The molecular formula is C27H23N3O4S. The summed E-state index contributed by atoms with van der Waals surface area (Å²) < 4.78 is 11.0. The van der Waals surface area contributed by atoms with E-state index in [1.54, 1.807) is 31.2 Å². The maximum absolute atomic E-state index is 13.2. The van der Waals surface area contributed by atoms with Crippen LogP contribution in [0.2, 0.25) is 0 Å². The molecule has 0 spiro atoms. The fourth-order valence-electron chi connectivity index (χ4n) is 3.75. The molecule has 0 radical (unpaired) electrons. The zero-order chi connectivity index (χ0) is 24.6. The van der Waals surface area contributed by atoms with Crippen LogP contribution < -0.4 is 10.6 Å². The first-order valence-electron chi connectivity index (χ1n) is 11.0. The molecular weight excluding hydrogens is 462 g/mol. The number of anilines is 1. The number of amides is 1. The number of furan rings is 1. The minimum absolute atomic E-state index is 0.0596. The van der Waals surface area contributed by atoms with Crippen molar-refractivity contribution in [3.05, 3.63) is 107 Å². The highest BCUT2D eigenvalue weighted by Gasteiger charge is 2.38. The Morgan fingerprint density at radius 1 is 1.09 bits per heavy atom. The van der Waals surface area contributed by atoms with Crippen molar-refractivity contribution in [3.8, 4) is 6.07 Å². The fraction of sp³-hybridized carbons (Fsp3) is 0.148. The quantitative estimate of drug-likeness (QED) is 0.430. The molecule has 0 unspecified atom stereocenters. The van der Waals surface area contributed by atoms with E-state index in [-0.39, 0.29) is 29.4 Å². The van der Waals surface area contributed by atoms with E-state index >= 15 is 0 Å². The third-order valence-corrected chi connectivity index (χ3v) is 6.26. The standard InChI is InChI=1S/C27H23N3O4S/c1-2-33-27(32)24-23(21-14-9-15-34-21)20(16-28)26(30-25(24)18-10-5-3-6-11-18)35-17-22(31)29-19-12-7-4-8-13-19/h3-15,23,30H,2,17H2,1H3,(H,29,31)/t23-/m0/s1. The second kappa shape index (κ2) is 11.3. The molecule has 7 nitrogen and oxygen atoms in total. The van der Waals surface area contributed by atoms with Crippen LogP contribution in [0.3, 0.4) is 0 Å². The van der Waals surface area contributed by atoms with E-state index in [2.05, 4.69) is 16.7 Å². The van der Waals surface area contributed by atoms with E-state index in [9.17, 15) is 14.9 Å². The lowest BCUT2D eigenvalue weighted by molar-refractivity contribution is -0.138. The number of hydrogen-bond donors (Lipinski definition) is 2. The normalized spacial score (nSPS) is 15.3. The van der Waals surface area contributed by atoms with Gasteiger partial charge in [-0.1, -0.05) is 60.3 Å². The van der Waals surface area contributed by atoms with Crippen molar-refractivity contribution in [2.75, 3.05) is 17.7 Å². The molecule has 0 fully saturated rings. The van der Waals surface area contributed by atoms with Crippen molar-refractivity contribution in [2.24, 2.45) is 0 Å². The smallest absolute Gasteiger partial charge is 0.337 e. The summed E-state index contributed by atoms with van der Waals surface area (Å²) >= 11 is 1.19. The maximum atomic E-state index is 13.2. The molecule has 2 N–H and O–H groups in total. The lowest BCUT2D eigenvalue weighted by Crippen LogP contribution is -2.29. The number of nitrogens with zero attached hydrogens (tertiary/aromatic N) is 1. The van der Waals surface area contributed by atoms with E-state index in [1.165, 1.54) is 18.0 Å². The summed E-state index contributed by atoms with van der Waals surface area (Å²) in [6.07, 6.45) is 1.50. The predicted octanol–water partition coefficient (Wildman–Crippen LogP) is 5.05. The van der Waals surface area contributed by atoms with Crippen LogP contribution in [0, 0.1) is 11.3 Å². The first-order chi connectivity index (χ1) is 17.1. The van der Waals surface area contributed by atoms with Crippen molar-refractivity contribution in [1.82, 2.24) is 5.32 Å². The molecule has 1 aromatic heterocycles. The van der Waals surface area contributed by atoms with Gasteiger partial charge in [0.05, 0.1) is 52.5 Å². The van der Waals surface area contributed by atoms with Gasteiger partial charge in [0.1, 0.15) is 5.76 Å². The van der Waals surface area contributed by atoms with Crippen LogP contribution in [0.4, 0.5) is 5.69 Å². The third-order valence-electron chi connectivity index (χ3n) is 5.24. The fourth-order valence-corrected chi connectivity index (χ4v) is 4.60. The number of carbonyl (C=O) groups is 2. The minimum Gasteiger partial charge on any atom is -0.468 e. The van der Waals surface area contributed by atoms with Gasteiger partial charge in [0.2, 0.25) is 5.91 Å². The molecule has 0 aliphatic carbocycles. The SMILES string of the molecule is CCOC(=O)C1=C(c2ccccc2)NC(SCC(=O)Nc2ccccc2)=C(C#N)[C@H]1c1ccco1. The van der Waals surface area contributed by atoms with Gasteiger partial charge in [0.25, 0.3) is 0 Å². The van der Waals surface area contributed by atoms with E-state index < -0.39 is 11.9 Å². The average Bonchev–Trinajstić information content (AvgIpc) is 3.42. The number of hydrogen-bond acceptors (Lipinski definition) is 7. The van der Waals surface area contributed by atoms with Crippen LogP contribution >= 0.6 is 11.8 Å². The van der Waals surface area contributed by atoms with Gasteiger partial charge >= 0.3 is 5.97 Å². The van der Waals surface area contributed by atoms with Gasteiger partial charge in [0.15, 0.2) is 0 Å². The molecule has 2 aromatic carbocycles. The van der Waals surface area contributed by atoms with Crippen molar-refractivity contribution < 1.29 is 18.7 Å². The van der Waals surface area contributed by atoms with Crippen LogP contribution in [0.25, 0.3) is 5.70 Å². The molecule has 176 valence electrons. The van der Waals surface area contributed by atoms with E-state index in [0.717, 1.165) is 5.56 Å². The Hall–Kier alpha value is -4.22. The average molecular weight is 486 g/mol. The summed E-state index contributed by atoms with van der Waals surface area (Å²) in [4.78, 5) is 25.8. The number of thioether (sulfide) groups is 1. The number of carbonyl (C=O) groups excluding carboxylic acids is 2. The minimum atomic E-state index is -0.787. The Balaban J connectivity index is 1.72. The molecule has 3 aromatic rings. The number of para-hydroxylation sites is 1. The van der Waals surface area contributed by atoms with Crippen molar-refractivity contribution in [1.29, 1.82) is 5.26 Å². The second-order valence-corrected chi connectivity index (χ2v) is 8.49. The molecule has 8 heteroatoms. The Morgan fingerprint density at radius 3 is 2.43 bits per heavy atom. The Morgan fingerprint density at radius 2 is 1.80 bits per heavy atom. The van der Waals surface area contributed by atoms with E-state index in [4.69, 9.17) is 9.15 Å². The van der Waals surface area contributed by atoms with Crippen LogP contribution in [0.5, 0.6) is 0 Å². The summed E-state index contributed by atoms with van der Waals surface area (Å²) in [6, 6.07) is 24.1. The molecule has 35 heavy (non-hydrogen) atoms. The van der Waals surface area contributed by atoms with Gasteiger partial charge in [-0.25, -0.2) is 4.79 Å². The zero-order valence-corrected chi connectivity index (χ0v) is 19.8. The first kappa shape index (κ1) is 23.9. The molecule has 0 saturated carbocycles. The third kappa shape index (κ3) is 5.48. The number of allylic oxidation sites excluding steroid dienone is 1. The molecule has 1 aliphatic heterocycles. The maximum Gasteiger partial charge on any atom is 0.337 e. The first-order valence-corrected chi connectivity index (χ1v) is 12.0. The van der Waals surface area contributed by atoms with Gasteiger partial charge in [-0.2, -0.15) is 5.26 Å². The van der Waals surface area contributed by atoms with Crippen LogP contribution in [0.1, 0.15) is 24.2 Å². The largest absolute Gasteiger partial charge is 0.468 e.